The van der Waals surface area contributed by atoms with Crippen molar-refractivity contribution in [2.45, 2.75) is 0 Å². The summed E-state index contributed by atoms with van der Waals surface area (Å²) in [5, 5.41) is 3.94. The first-order valence-electron chi connectivity index (χ1n) is 5.76. The Kier molecular flexibility index (Phi) is 3.67. The number of hydrogen-bond donors (Lipinski definition) is 1. The predicted octanol–water partition coefficient (Wildman–Crippen LogP) is 5.04. The van der Waals surface area contributed by atoms with Gasteiger partial charge in [0.2, 0.25) is 0 Å². The highest BCUT2D eigenvalue weighted by molar-refractivity contribution is 9.10. The third-order valence-corrected chi connectivity index (χ3v) is 3.61. The highest BCUT2D eigenvalue weighted by atomic mass is 79.9. The number of pyridine rings is 2. The lowest BCUT2D eigenvalue weighted by Gasteiger charge is -2.09. The molecule has 3 nitrogen and oxygen atoms in total. The second-order valence-electron chi connectivity index (χ2n) is 4.14. The van der Waals surface area contributed by atoms with Crippen molar-refractivity contribution in [2.75, 3.05) is 5.32 Å². The molecule has 6 heteroatoms. The van der Waals surface area contributed by atoms with Crippen molar-refractivity contribution >= 4 is 54.3 Å². The van der Waals surface area contributed by atoms with Crippen molar-refractivity contribution in [2.24, 2.45) is 0 Å². The fourth-order valence-corrected chi connectivity index (χ4v) is 2.52. The summed E-state index contributed by atoms with van der Waals surface area (Å²) in [6.45, 7) is 0. The summed E-state index contributed by atoms with van der Waals surface area (Å²) in [5.74, 6) is -0.251. The largest absolute Gasteiger partial charge is 0.336 e. The summed E-state index contributed by atoms with van der Waals surface area (Å²) in [6, 6.07) is 8.99. The molecule has 0 radical (unpaired) electrons. The SMILES string of the molecule is Fc1cc(Br)cnc1Nc1cccc2cc(Br)cnc12. The lowest BCUT2D eigenvalue weighted by Crippen LogP contribution is -1.98. The second kappa shape index (κ2) is 5.46. The molecule has 0 fully saturated rings. The topological polar surface area (TPSA) is 37.8 Å². The Balaban J connectivity index is 2.06. The second-order valence-corrected chi connectivity index (χ2v) is 5.97. The molecule has 0 spiro atoms. The molecule has 1 aromatic carbocycles. The van der Waals surface area contributed by atoms with E-state index in [1.165, 1.54) is 6.07 Å². The maximum absolute atomic E-state index is 13.8. The van der Waals surface area contributed by atoms with Crippen LogP contribution in [0.3, 0.4) is 0 Å². The summed E-state index contributed by atoms with van der Waals surface area (Å²) < 4.78 is 15.3. The molecule has 3 rings (SSSR count). The summed E-state index contributed by atoms with van der Waals surface area (Å²) in [5.41, 5.74) is 1.48. The van der Waals surface area contributed by atoms with Gasteiger partial charge in [0.25, 0.3) is 0 Å². The summed E-state index contributed by atoms with van der Waals surface area (Å²) >= 11 is 6.56. The maximum atomic E-state index is 13.8. The molecule has 0 bridgehead atoms. The summed E-state index contributed by atoms with van der Waals surface area (Å²) in [7, 11) is 0. The first kappa shape index (κ1) is 13.5. The van der Waals surface area contributed by atoms with E-state index < -0.39 is 5.82 Å². The lowest BCUT2D eigenvalue weighted by molar-refractivity contribution is 0.625. The Morgan fingerprint density at radius 2 is 1.75 bits per heavy atom. The minimum absolute atomic E-state index is 0.172. The molecule has 2 heterocycles. The van der Waals surface area contributed by atoms with Crippen molar-refractivity contribution in [3.8, 4) is 0 Å². The quantitative estimate of drug-likeness (QED) is 0.659. The van der Waals surface area contributed by atoms with E-state index in [1.807, 2.05) is 24.3 Å². The fourth-order valence-electron chi connectivity index (χ4n) is 1.87. The number of halogens is 3. The van der Waals surface area contributed by atoms with Crippen molar-refractivity contribution in [3.05, 3.63) is 57.5 Å². The van der Waals surface area contributed by atoms with Crippen molar-refractivity contribution < 1.29 is 4.39 Å². The molecule has 0 amide bonds. The molecule has 0 atom stereocenters. The number of benzene rings is 1. The van der Waals surface area contributed by atoms with E-state index in [0.29, 0.717) is 10.2 Å². The van der Waals surface area contributed by atoms with Crippen LogP contribution in [0.5, 0.6) is 0 Å². The molecule has 0 aliphatic heterocycles. The smallest absolute Gasteiger partial charge is 0.166 e. The number of aromatic nitrogens is 2. The van der Waals surface area contributed by atoms with Crippen LogP contribution in [0.15, 0.2) is 51.7 Å². The number of nitrogens with zero attached hydrogens (tertiary/aromatic N) is 2. The van der Waals surface area contributed by atoms with Gasteiger partial charge in [-0.2, -0.15) is 0 Å². The first-order valence-corrected chi connectivity index (χ1v) is 7.34. The Labute approximate surface area is 131 Å². The molecule has 0 unspecified atom stereocenters. The normalized spacial score (nSPS) is 10.8. The van der Waals surface area contributed by atoms with Crippen molar-refractivity contribution in [3.63, 3.8) is 0 Å². The highest BCUT2D eigenvalue weighted by Crippen LogP contribution is 2.27. The average Bonchev–Trinajstić information content (AvgIpc) is 2.41. The molecule has 2 aromatic heterocycles. The van der Waals surface area contributed by atoms with Gasteiger partial charge in [0.1, 0.15) is 0 Å². The Hall–Kier alpha value is -1.53. The van der Waals surface area contributed by atoms with Crippen LogP contribution in [0.4, 0.5) is 15.9 Å². The third kappa shape index (κ3) is 2.66. The van der Waals surface area contributed by atoms with E-state index >= 15 is 0 Å². The molecule has 20 heavy (non-hydrogen) atoms. The van der Waals surface area contributed by atoms with Gasteiger partial charge in [-0.3, -0.25) is 4.98 Å². The molecule has 1 N–H and O–H groups in total. The summed E-state index contributed by atoms with van der Waals surface area (Å²) in [4.78, 5) is 8.38. The van der Waals surface area contributed by atoms with E-state index in [0.717, 1.165) is 15.4 Å². The van der Waals surface area contributed by atoms with Gasteiger partial charge in [0.15, 0.2) is 11.6 Å². The van der Waals surface area contributed by atoms with E-state index in [2.05, 4.69) is 47.1 Å². The number of fused-ring (bicyclic) bond motifs is 1. The first-order chi connectivity index (χ1) is 9.63. The minimum atomic E-state index is -0.423. The van der Waals surface area contributed by atoms with Gasteiger partial charge >= 0.3 is 0 Å². The Morgan fingerprint density at radius 3 is 2.55 bits per heavy atom. The van der Waals surface area contributed by atoms with Gasteiger partial charge in [-0.15, -0.1) is 0 Å². The third-order valence-electron chi connectivity index (χ3n) is 2.74. The zero-order valence-electron chi connectivity index (χ0n) is 10.1. The van der Waals surface area contributed by atoms with Crippen LogP contribution in [0.25, 0.3) is 10.9 Å². The van der Waals surface area contributed by atoms with Crippen LogP contribution in [0.2, 0.25) is 0 Å². The van der Waals surface area contributed by atoms with Crippen molar-refractivity contribution in [1.29, 1.82) is 0 Å². The molecule has 0 aliphatic carbocycles. The number of para-hydroxylation sites is 1. The molecule has 0 saturated carbocycles. The molecular formula is C14H8Br2FN3. The number of rotatable bonds is 2. The van der Waals surface area contributed by atoms with Gasteiger partial charge in [-0.05, 0) is 50.1 Å². The number of nitrogens with one attached hydrogen (secondary N) is 1. The van der Waals surface area contributed by atoms with E-state index in [-0.39, 0.29) is 5.82 Å². The molecule has 0 aliphatic rings. The fraction of sp³-hybridized carbons (Fsp3) is 0. The van der Waals surface area contributed by atoms with Crippen LogP contribution in [-0.4, -0.2) is 9.97 Å². The molecular weight excluding hydrogens is 389 g/mol. The molecule has 100 valence electrons. The average molecular weight is 397 g/mol. The zero-order chi connectivity index (χ0) is 14.1. The van der Waals surface area contributed by atoms with Crippen molar-refractivity contribution in [1.82, 2.24) is 9.97 Å². The maximum Gasteiger partial charge on any atom is 0.166 e. The zero-order valence-corrected chi connectivity index (χ0v) is 13.2. The Morgan fingerprint density at radius 1 is 1.00 bits per heavy atom. The van der Waals surface area contributed by atoms with Gasteiger partial charge in [0.05, 0.1) is 11.2 Å². The standard InChI is InChI=1S/C14H8Br2FN3/c15-9-4-8-2-1-3-12(13(8)18-6-9)20-14-11(17)5-10(16)7-19-14/h1-7H,(H,19,20). The number of anilines is 2. The van der Waals surface area contributed by atoms with Crippen LogP contribution in [-0.2, 0) is 0 Å². The van der Waals surface area contributed by atoms with Gasteiger partial charge in [0, 0.05) is 26.7 Å². The van der Waals surface area contributed by atoms with Crippen LogP contribution in [0, 0.1) is 5.82 Å². The van der Waals surface area contributed by atoms with E-state index in [9.17, 15) is 4.39 Å². The van der Waals surface area contributed by atoms with Gasteiger partial charge < -0.3 is 5.32 Å². The molecule has 0 saturated heterocycles. The van der Waals surface area contributed by atoms with E-state index in [4.69, 9.17) is 0 Å². The van der Waals surface area contributed by atoms with Crippen LogP contribution >= 0.6 is 31.9 Å². The summed E-state index contributed by atoms with van der Waals surface area (Å²) in [6.07, 6.45) is 3.25. The van der Waals surface area contributed by atoms with Crippen LogP contribution in [0.1, 0.15) is 0 Å². The monoisotopic (exact) mass is 395 g/mol. The van der Waals surface area contributed by atoms with Gasteiger partial charge in [-0.25, -0.2) is 9.37 Å². The van der Waals surface area contributed by atoms with Crippen LogP contribution < -0.4 is 5.32 Å². The van der Waals surface area contributed by atoms with Gasteiger partial charge in [-0.1, -0.05) is 12.1 Å². The lowest BCUT2D eigenvalue weighted by atomic mass is 10.2. The Bertz CT molecular complexity index is 792. The molecule has 3 aromatic rings. The predicted molar refractivity (Wildman–Crippen MR) is 84.6 cm³/mol. The van der Waals surface area contributed by atoms with E-state index in [1.54, 1.807) is 12.4 Å². The highest BCUT2D eigenvalue weighted by Gasteiger charge is 2.08. The number of hydrogen-bond acceptors (Lipinski definition) is 3. The minimum Gasteiger partial charge on any atom is -0.336 e.